The highest BCUT2D eigenvalue weighted by Crippen LogP contribution is 2.07. The van der Waals surface area contributed by atoms with E-state index < -0.39 is 5.97 Å². The summed E-state index contributed by atoms with van der Waals surface area (Å²) in [7, 11) is 0. The van der Waals surface area contributed by atoms with Gasteiger partial charge < -0.3 is 10.8 Å². The van der Waals surface area contributed by atoms with E-state index in [4.69, 9.17) is 34.0 Å². The number of carboxylic acid groups (broad SMARTS) is 1. The molecule has 0 aromatic rings. The van der Waals surface area contributed by atoms with Crippen molar-refractivity contribution < 1.29 is 9.90 Å². The lowest BCUT2D eigenvalue weighted by Crippen LogP contribution is -2.01. The maximum absolute atomic E-state index is 10.3. The quantitative estimate of drug-likeness (QED) is 0.406. The maximum atomic E-state index is 10.3. The molecule has 0 rings (SSSR count). The van der Waals surface area contributed by atoms with E-state index >= 15 is 0 Å². The predicted octanol–water partition coefficient (Wildman–Crippen LogP) is 1.28. The van der Waals surface area contributed by atoms with Crippen molar-refractivity contribution in [2.24, 2.45) is 5.73 Å². The Balaban J connectivity index is 4.49. The molecule has 0 amide bonds. The first-order chi connectivity index (χ1) is 5.11. The fourth-order valence-corrected chi connectivity index (χ4v) is 0.695. The van der Waals surface area contributed by atoms with Gasteiger partial charge in [0.05, 0.1) is 16.5 Å². The van der Waals surface area contributed by atoms with Gasteiger partial charge in [0.2, 0.25) is 0 Å². The van der Waals surface area contributed by atoms with Gasteiger partial charge in [-0.15, -0.1) is 11.6 Å². The number of rotatable bonds is 3. The van der Waals surface area contributed by atoms with Gasteiger partial charge in [-0.05, 0) is 6.08 Å². The summed E-state index contributed by atoms with van der Waals surface area (Å²) in [6, 6.07) is 0. The predicted molar refractivity (Wildman–Crippen MR) is 44.6 cm³/mol. The summed E-state index contributed by atoms with van der Waals surface area (Å²) in [5.74, 6) is -1.20. The summed E-state index contributed by atoms with van der Waals surface area (Å²) in [6.45, 7) is 0. The number of allylic oxidation sites excluding steroid dienone is 2. The molecule has 0 radical (unpaired) electrons. The highest BCUT2D eigenvalue weighted by molar-refractivity contribution is 6.31. The first-order valence-electron chi connectivity index (χ1n) is 2.69. The van der Waals surface area contributed by atoms with Crippen LogP contribution in [0, 0.1) is 0 Å². The molecular formula is C6H7Cl2NO2. The highest BCUT2D eigenvalue weighted by Gasteiger charge is 2.04. The number of nitrogens with two attached hydrogens (primary N) is 1. The van der Waals surface area contributed by atoms with Crippen LogP contribution in [0.2, 0.25) is 0 Å². The molecule has 11 heavy (non-hydrogen) atoms. The van der Waals surface area contributed by atoms with E-state index in [0.29, 0.717) is 0 Å². The molecule has 0 saturated heterocycles. The molecule has 0 aliphatic heterocycles. The zero-order chi connectivity index (χ0) is 8.85. The smallest absolute Gasteiger partial charge is 0.332 e. The number of aliphatic carboxylic acids is 1. The van der Waals surface area contributed by atoms with Crippen LogP contribution in [0.3, 0.4) is 0 Å². The zero-order valence-electron chi connectivity index (χ0n) is 5.55. The lowest BCUT2D eigenvalue weighted by atomic mass is 10.3. The van der Waals surface area contributed by atoms with Crippen molar-refractivity contribution in [3.63, 3.8) is 0 Å². The second kappa shape index (κ2) is 5.04. The number of hydrogen-bond donors (Lipinski definition) is 2. The summed E-state index contributed by atoms with van der Waals surface area (Å²) >= 11 is 10.7. The van der Waals surface area contributed by atoms with Crippen molar-refractivity contribution in [1.29, 1.82) is 0 Å². The normalized spacial score (nSPS) is 13.3. The van der Waals surface area contributed by atoms with Crippen molar-refractivity contribution in [3.05, 3.63) is 22.9 Å². The van der Waals surface area contributed by atoms with Crippen LogP contribution >= 0.6 is 23.2 Å². The average Bonchev–Trinajstić information content (AvgIpc) is 1.99. The molecule has 3 N–H and O–H groups in total. The third-order valence-corrected chi connectivity index (χ3v) is 1.41. The molecule has 3 nitrogen and oxygen atoms in total. The number of carboxylic acids is 1. The summed E-state index contributed by atoms with van der Waals surface area (Å²) < 4.78 is 0. The van der Waals surface area contributed by atoms with Gasteiger partial charge in [-0.3, -0.25) is 0 Å². The van der Waals surface area contributed by atoms with Crippen molar-refractivity contribution in [2.45, 2.75) is 0 Å². The molecule has 0 unspecified atom stereocenters. The number of halogens is 2. The Morgan fingerprint density at radius 3 is 2.45 bits per heavy atom. The van der Waals surface area contributed by atoms with Crippen LogP contribution in [-0.2, 0) is 4.79 Å². The van der Waals surface area contributed by atoms with Crippen molar-refractivity contribution in [1.82, 2.24) is 0 Å². The Morgan fingerprint density at radius 2 is 2.18 bits per heavy atom. The molecule has 0 aliphatic rings. The van der Waals surface area contributed by atoms with Crippen LogP contribution in [0.1, 0.15) is 0 Å². The second-order valence-electron chi connectivity index (χ2n) is 1.66. The molecule has 0 aromatic carbocycles. The van der Waals surface area contributed by atoms with E-state index in [2.05, 4.69) is 0 Å². The maximum Gasteiger partial charge on any atom is 0.332 e. The van der Waals surface area contributed by atoms with E-state index in [-0.39, 0.29) is 16.5 Å². The van der Waals surface area contributed by atoms with E-state index in [1.165, 1.54) is 6.08 Å². The summed E-state index contributed by atoms with van der Waals surface area (Å²) in [5.41, 5.74) is 5.01. The largest absolute Gasteiger partial charge is 0.478 e. The van der Waals surface area contributed by atoms with Crippen LogP contribution in [0.25, 0.3) is 0 Å². The molecule has 0 heterocycles. The van der Waals surface area contributed by atoms with E-state index in [0.717, 1.165) is 6.20 Å². The third kappa shape index (κ3) is 3.91. The number of carbonyl (C=O) groups is 1. The molecule has 0 aliphatic carbocycles. The van der Waals surface area contributed by atoms with E-state index in [1.807, 2.05) is 0 Å². The van der Waals surface area contributed by atoms with Crippen LogP contribution in [-0.4, -0.2) is 17.0 Å². The molecule has 5 heteroatoms. The molecule has 0 fully saturated rings. The molecule has 0 bridgehead atoms. The number of alkyl halides is 1. The molecule has 62 valence electrons. The number of hydrogen-bond acceptors (Lipinski definition) is 2. The highest BCUT2D eigenvalue weighted by atomic mass is 35.5. The van der Waals surface area contributed by atoms with Gasteiger partial charge >= 0.3 is 5.97 Å². The van der Waals surface area contributed by atoms with Crippen LogP contribution < -0.4 is 5.73 Å². The van der Waals surface area contributed by atoms with Crippen molar-refractivity contribution >= 4 is 29.2 Å². The van der Waals surface area contributed by atoms with Crippen LogP contribution in [0.15, 0.2) is 22.9 Å². The monoisotopic (exact) mass is 195 g/mol. The Hall–Kier alpha value is -0.670. The Bertz CT molecular complexity index is 211. The van der Waals surface area contributed by atoms with E-state index in [9.17, 15) is 4.79 Å². The second-order valence-corrected chi connectivity index (χ2v) is 2.36. The molecule has 0 spiro atoms. The van der Waals surface area contributed by atoms with Gasteiger partial charge in [0, 0.05) is 6.20 Å². The fourth-order valence-electron chi connectivity index (χ4n) is 0.372. The molecule has 0 saturated carbocycles. The summed E-state index contributed by atoms with van der Waals surface area (Å²) in [5, 5.41) is 8.59. The Kier molecular flexibility index (Phi) is 4.74. The van der Waals surface area contributed by atoms with Gasteiger partial charge in [0.15, 0.2) is 0 Å². The molecule has 0 atom stereocenters. The minimum atomic E-state index is -1.10. The first kappa shape index (κ1) is 10.3. The third-order valence-electron chi connectivity index (χ3n) is 0.890. The van der Waals surface area contributed by atoms with E-state index in [1.54, 1.807) is 0 Å². The topological polar surface area (TPSA) is 63.3 Å². The van der Waals surface area contributed by atoms with Gasteiger partial charge in [-0.2, -0.15) is 0 Å². The zero-order valence-corrected chi connectivity index (χ0v) is 7.06. The van der Waals surface area contributed by atoms with Gasteiger partial charge in [0.25, 0.3) is 0 Å². The fraction of sp³-hybridized carbons (Fsp3) is 0.167. The van der Waals surface area contributed by atoms with Gasteiger partial charge in [0.1, 0.15) is 0 Å². The SMILES string of the molecule is N/C=C(Cl)\C=C(/CCl)C(=O)O. The van der Waals surface area contributed by atoms with Crippen molar-refractivity contribution in [2.75, 3.05) is 5.88 Å². The lowest BCUT2D eigenvalue weighted by molar-refractivity contribution is -0.132. The van der Waals surface area contributed by atoms with Gasteiger partial charge in [-0.1, -0.05) is 11.6 Å². The summed E-state index contributed by atoms with van der Waals surface area (Å²) in [4.78, 5) is 10.3. The van der Waals surface area contributed by atoms with Crippen molar-refractivity contribution in [3.8, 4) is 0 Å². The standard InChI is InChI=1S/C6H7Cl2NO2/c7-2-4(6(10)11)1-5(8)3-9/h1,3H,2,9H2,(H,10,11)/b4-1+,5-3+. The van der Waals surface area contributed by atoms with Gasteiger partial charge in [-0.25, -0.2) is 4.79 Å². The average molecular weight is 196 g/mol. The lowest BCUT2D eigenvalue weighted by Gasteiger charge is -1.93. The minimum absolute atomic E-state index is 0.0124. The van der Waals surface area contributed by atoms with Crippen LogP contribution in [0.5, 0.6) is 0 Å². The Labute approximate surface area is 74.1 Å². The molecular weight excluding hydrogens is 189 g/mol. The summed E-state index contributed by atoms with van der Waals surface area (Å²) in [6.07, 6.45) is 2.30. The first-order valence-corrected chi connectivity index (χ1v) is 3.60. The van der Waals surface area contributed by atoms with Crippen LogP contribution in [0.4, 0.5) is 0 Å². The molecule has 0 aromatic heterocycles. The Morgan fingerprint density at radius 1 is 1.64 bits per heavy atom. The minimum Gasteiger partial charge on any atom is -0.478 e.